The van der Waals surface area contributed by atoms with Gasteiger partial charge in [0.2, 0.25) is 5.91 Å². The van der Waals surface area contributed by atoms with Gasteiger partial charge in [0.05, 0.1) is 21.6 Å². The minimum absolute atomic E-state index is 0.0442. The zero-order valence-electron chi connectivity index (χ0n) is 10.2. The van der Waals surface area contributed by atoms with E-state index >= 15 is 0 Å². The summed E-state index contributed by atoms with van der Waals surface area (Å²) in [6.45, 7) is 1.27. The lowest BCUT2D eigenvalue weighted by molar-refractivity contribution is -0.384. The number of carbonyl (C=O) groups is 1. The van der Waals surface area contributed by atoms with Gasteiger partial charge in [0, 0.05) is 25.2 Å². The lowest BCUT2D eigenvalue weighted by atomic mass is 9.97. The summed E-state index contributed by atoms with van der Waals surface area (Å²) in [6.07, 6.45) is 1.62. The van der Waals surface area contributed by atoms with Gasteiger partial charge >= 0.3 is 0 Å². The van der Waals surface area contributed by atoms with Crippen molar-refractivity contribution in [3.63, 3.8) is 0 Å². The molecule has 102 valence electrons. The second kappa shape index (κ2) is 5.44. The molecule has 6 nitrogen and oxygen atoms in total. The lowest BCUT2D eigenvalue weighted by Gasteiger charge is -2.33. The smallest absolute Gasteiger partial charge is 0.271 e. The van der Waals surface area contributed by atoms with Crippen LogP contribution in [-0.2, 0) is 4.79 Å². The van der Waals surface area contributed by atoms with Crippen LogP contribution in [0.15, 0.2) is 18.2 Å². The number of nitrogens with zero attached hydrogens (tertiary/aromatic N) is 2. The predicted molar refractivity (Wildman–Crippen MR) is 72.2 cm³/mol. The van der Waals surface area contributed by atoms with Crippen LogP contribution in [0.4, 0.5) is 11.4 Å². The molecule has 2 N–H and O–H groups in total. The first-order chi connectivity index (χ1) is 8.99. The summed E-state index contributed by atoms with van der Waals surface area (Å²) in [6, 6.07) is 4.35. The van der Waals surface area contributed by atoms with Gasteiger partial charge in [-0.25, -0.2) is 0 Å². The van der Waals surface area contributed by atoms with Gasteiger partial charge < -0.3 is 10.6 Å². The van der Waals surface area contributed by atoms with E-state index in [2.05, 4.69) is 0 Å². The number of rotatable bonds is 3. The van der Waals surface area contributed by atoms with Crippen molar-refractivity contribution >= 4 is 28.9 Å². The van der Waals surface area contributed by atoms with Crippen LogP contribution in [0.1, 0.15) is 12.8 Å². The van der Waals surface area contributed by atoms with Gasteiger partial charge in [-0.3, -0.25) is 14.9 Å². The Morgan fingerprint density at radius 1 is 1.53 bits per heavy atom. The third-order valence-electron chi connectivity index (χ3n) is 3.31. The molecule has 0 saturated carbocycles. The second-order valence-electron chi connectivity index (χ2n) is 4.58. The van der Waals surface area contributed by atoms with Crippen LogP contribution in [0.5, 0.6) is 0 Å². The number of primary amides is 1. The van der Waals surface area contributed by atoms with E-state index in [1.54, 1.807) is 6.07 Å². The fraction of sp³-hybridized carbons (Fsp3) is 0.417. The van der Waals surface area contributed by atoms with E-state index in [9.17, 15) is 14.9 Å². The molecule has 1 amide bonds. The molecule has 1 aromatic carbocycles. The van der Waals surface area contributed by atoms with Crippen LogP contribution in [-0.4, -0.2) is 23.9 Å². The van der Waals surface area contributed by atoms with Crippen molar-refractivity contribution in [1.82, 2.24) is 0 Å². The number of carbonyl (C=O) groups excluding carboxylic acids is 1. The Hall–Kier alpha value is -1.82. The zero-order valence-corrected chi connectivity index (χ0v) is 11.0. The number of benzene rings is 1. The van der Waals surface area contributed by atoms with Gasteiger partial charge in [0.1, 0.15) is 0 Å². The average Bonchev–Trinajstić information content (AvgIpc) is 2.38. The van der Waals surface area contributed by atoms with Gasteiger partial charge in [-0.05, 0) is 18.9 Å². The van der Waals surface area contributed by atoms with Crippen LogP contribution < -0.4 is 10.6 Å². The van der Waals surface area contributed by atoms with E-state index in [4.69, 9.17) is 17.3 Å². The zero-order chi connectivity index (χ0) is 14.0. The first-order valence-corrected chi connectivity index (χ1v) is 6.35. The number of hydrogen-bond donors (Lipinski definition) is 1. The lowest BCUT2D eigenvalue weighted by Crippen LogP contribution is -2.41. The summed E-state index contributed by atoms with van der Waals surface area (Å²) in [7, 11) is 0. The predicted octanol–water partition coefficient (Wildman–Crippen LogP) is 1.95. The largest absolute Gasteiger partial charge is 0.370 e. The molecule has 2 rings (SSSR count). The van der Waals surface area contributed by atoms with E-state index < -0.39 is 4.92 Å². The van der Waals surface area contributed by atoms with Crippen molar-refractivity contribution in [2.75, 3.05) is 18.0 Å². The quantitative estimate of drug-likeness (QED) is 0.678. The SMILES string of the molecule is NC(=O)[C@@H]1CCCN(c2ccc([N+](=O)[O-])cc2Cl)C1. The fourth-order valence-electron chi connectivity index (χ4n) is 2.29. The first kappa shape index (κ1) is 13.6. The molecule has 0 aliphatic carbocycles. The van der Waals surface area contributed by atoms with E-state index in [0.29, 0.717) is 17.3 Å². The number of anilines is 1. The van der Waals surface area contributed by atoms with Gasteiger partial charge in [-0.2, -0.15) is 0 Å². The van der Waals surface area contributed by atoms with E-state index in [1.807, 2.05) is 4.90 Å². The summed E-state index contributed by atoms with van der Waals surface area (Å²) in [5, 5.41) is 11.0. The van der Waals surface area contributed by atoms with E-state index in [-0.39, 0.29) is 17.5 Å². The molecule has 7 heteroatoms. The number of nitro groups is 1. The summed E-state index contributed by atoms with van der Waals surface area (Å²) in [4.78, 5) is 23.3. The highest BCUT2D eigenvalue weighted by Crippen LogP contribution is 2.32. The van der Waals surface area contributed by atoms with E-state index in [1.165, 1.54) is 12.1 Å². The Balaban J connectivity index is 2.22. The third kappa shape index (κ3) is 2.96. The van der Waals surface area contributed by atoms with Crippen LogP contribution in [0.3, 0.4) is 0 Å². The Labute approximate surface area is 115 Å². The number of nitro benzene ring substituents is 1. The van der Waals surface area contributed by atoms with E-state index in [0.717, 1.165) is 19.4 Å². The van der Waals surface area contributed by atoms with Crippen molar-refractivity contribution in [2.24, 2.45) is 11.7 Å². The highest BCUT2D eigenvalue weighted by atomic mass is 35.5. The molecule has 0 bridgehead atoms. The molecule has 1 aliphatic rings. The number of hydrogen-bond acceptors (Lipinski definition) is 4. The summed E-state index contributed by atoms with van der Waals surface area (Å²) >= 11 is 6.07. The number of piperidine rings is 1. The molecule has 0 unspecified atom stereocenters. The molecule has 0 radical (unpaired) electrons. The van der Waals surface area contributed by atoms with Crippen LogP contribution >= 0.6 is 11.6 Å². The average molecular weight is 284 g/mol. The summed E-state index contributed by atoms with van der Waals surface area (Å²) in [5.41, 5.74) is 5.98. The van der Waals surface area contributed by atoms with Crippen LogP contribution in [0, 0.1) is 16.0 Å². The number of halogens is 1. The molecule has 1 aliphatic heterocycles. The van der Waals surface area contributed by atoms with Gasteiger partial charge in [0.25, 0.3) is 5.69 Å². The summed E-state index contributed by atoms with van der Waals surface area (Å²) < 4.78 is 0. The van der Waals surface area contributed by atoms with Crippen molar-refractivity contribution in [1.29, 1.82) is 0 Å². The summed E-state index contributed by atoms with van der Waals surface area (Å²) in [5.74, 6) is -0.511. The van der Waals surface area contributed by atoms with Crippen molar-refractivity contribution in [3.05, 3.63) is 33.3 Å². The maximum Gasteiger partial charge on any atom is 0.271 e. The van der Waals surface area contributed by atoms with Crippen LogP contribution in [0.25, 0.3) is 0 Å². The Bertz CT molecular complexity index is 521. The number of amides is 1. The monoisotopic (exact) mass is 283 g/mol. The first-order valence-electron chi connectivity index (χ1n) is 5.97. The minimum atomic E-state index is -0.488. The molecular formula is C12H14ClN3O3. The molecule has 0 aromatic heterocycles. The standard InChI is InChI=1S/C12H14ClN3O3/c13-10-6-9(16(18)19)3-4-11(10)15-5-1-2-8(7-15)12(14)17/h3-4,6,8H,1-2,5,7H2,(H2,14,17)/t8-/m1/s1. The molecule has 1 aromatic rings. The minimum Gasteiger partial charge on any atom is -0.370 e. The number of non-ortho nitro benzene ring substituents is 1. The van der Waals surface area contributed by atoms with Crippen molar-refractivity contribution in [2.45, 2.75) is 12.8 Å². The highest BCUT2D eigenvalue weighted by molar-refractivity contribution is 6.33. The molecular weight excluding hydrogens is 270 g/mol. The molecule has 1 saturated heterocycles. The topological polar surface area (TPSA) is 89.5 Å². The van der Waals surface area contributed by atoms with Crippen LogP contribution in [0.2, 0.25) is 5.02 Å². The third-order valence-corrected chi connectivity index (χ3v) is 3.61. The Kier molecular flexibility index (Phi) is 3.90. The molecule has 0 spiro atoms. The van der Waals surface area contributed by atoms with Gasteiger partial charge in [0.15, 0.2) is 0 Å². The second-order valence-corrected chi connectivity index (χ2v) is 4.99. The number of nitrogens with two attached hydrogens (primary N) is 1. The Morgan fingerprint density at radius 3 is 2.84 bits per heavy atom. The molecule has 1 fully saturated rings. The highest BCUT2D eigenvalue weighted by Gasteiger charge is 2.25. The van der Waals surface area contributed by atoms with Gasteiger partial charge in [-0.15, -0.1) is 0 Å². The molecule has 1 atom stereocenters. The van der Waals surface area contributed by atoms with Crippen molar-refractivity contribution in [3.8, 4) is 0 Å². The Morgan fingerprint density at radius 2 is 2.26 bits per heavy atom. The maximum atomic E-state index is 11.2. The normalized spacial score (nSPS) is 19.2. The van der Waals surface area contributed by atoms with Gasteiger partial charge in [-0.1, -0.05) is 11.6 Å². The van der Waals surface area contributed by atoms with Crippen molar-refractivity contribution < 1.29 is 9.72 Å². The maximum absolute atomic E-state index is 11.2. The fourth-order valence-corrected chi connectivity index (χ4v) is 2.59. The molecule has 1 heterocycles. The molecule has 19 heavy (non-hydrogen) atoms.